The number of nitrogens with one attached hydrogen (secondary N) is 1. The van der Waals surface area contributed by atoms with Crippen LogP contribution >= 0.6 is 0 Å². The zero-order valence-electron chi connectivity index (χ0n) is 24.2. The molecule has 8 nitrogen and oxygen atoms in total. The van der Waals surface area contributed by atoms with Crippen LogP contribution in [-0.4, -0.2) is 67.2 Å². The number of carbonyl (C=O) groups excluding carboxylic acids is 1. The Labute approximate surface area is 244 Å². The second kappa shape index (κ2) is 12.8. The first-order valence-corrected chi connectivity index (χ1v) is 13.9. The Kier molecular flexibility index (Phi) is 9.36. The van der Waals surface area contributed by atoms with Crippen molar-refractivity contribution in [3.8, 4) is 23.2 Å². The molecule has 0 bridgehead atoms. The molecule has 1 fully saturated rings. The van der Waals surface area contributed by atoms with Gasteiger partial charge in [0.1, 0.15) is 6.07 Å². The number of hydrogen-bond donors (Lipinski definition) is 1. The van der Waals surface area contributed by atoms with Gasteiger partial charge in [0, 0.05) is 38.1 Å². The number of aromatic nitrogens is 2. The zero-order valence-corrected chi connectivity index (χ0v) is 24.2. The van der Waals surface area contributed by atoms with E-state index in [2.05, 4.69) is 15.3 Å². The Hall–Kier alpha value is -4.17. The lowest BCUT2D eigenvalue weighted by atomic mass is 9.72. The minimum atomic E-state index is -4.54. The summed E-state index contributed by atoms with van der Waals surface area (Å²) < 4.78 is 45.4. The SMILES string of the molecule is CCOc1ncccc1-c1ccc(C2(C(=O)NC[C@H](C)N(C)C)CCN(c3ccc(C(F)(F)F)cc3C#N)CC2)cn1. The molecule has 0 spiro atoms. The van der Waals surface area contributed by atoms with Crippen molar-refractivity contribution in [3.63, 3.8) is 0 Å². The third-order valence-electron chi connectivity index (χ3n) is 7.92. The fourth-order valence-electron chi connectivity index (χ4n) is 5.12. The zero-order chi connectivity index (χ0) is 30.5. The van der Waals surface area contributed by atoms with Gasteiger partial charge in [-0.2, -0.15) is 18.4 Å². The largest absolute Gasteiger partial charge is 0.477 e. The molecule has 1 saturated heterocycles. The fourth-order valence-corrected chi connectivity index (χ4v) is 5.12. The van der Waals surface area contributed by atoms with Crippen LogP contribution in [0.25, 0.3) is 11.3 Å². The topological polar surface area (TPSA) is 94.4 Å². The molecular weight excluding hydrogens is 545 g/mol. The summed E-state index contributed by atoms with van der Waals surface area (Å²) in [6.07, 6.45) is -0.402. The predicted octanol–water partition coefficient (Wildman–Crippen LogP) is 5.04. The molecule has 0 unspecified atom stereocenters. The lowest BCUT2D eigenvalue weighted by Gasteiger charge is -2.42. The number of nitriles is 1. The summed E-state index contributed by atoms with van der Waals surface area (Å²) in [5.74, 6) is 0.346. The highest BCUT2D eigenvalue weighted by atomic mass is 19.4. The van der Waals surface area contributed by atoms with Crippen molar-refractivity contribution in [2.24, 2.45) is 0 Å². The van der Waals surface area contributed by atoms with E-state index in [9.17, 15) is 23.2 Å². The van der Waals surface area contributed by atoms with E-state index in [1.807, 2.05) is 62.0 Å². The van der Waals surface area contributed by atoms with E-state index < -0.39 is 17.2 Å². The number of alkyl halides is 3. The molecule has 42 heavy (non-hydrogen) atoms. The van der Waals surface area contributed by atoms with E-state index in [1.165, 1.54) is 6.07 Å². The van der Waals surface area contributed by atoms with Crippen LogP contribution in [0.4, 0.5) is 18.9 Å². The standard InChI is InChI=1S/C31H35F3N6O2/c1-5-42-28-25(7-6-14-36-28)26-10-8-24(20-37-26)30(29(41)38-19-21(2)39(3)4)12-15-40(16-13-30)27-11-9-23(31(32,33)34)17-22(27)18-35/h6-11,14,17,20-21H,5,12-13,15-16,19H2,1-4H3,(H,38,41)/t21-/m0/s1. The van der Waals surface area contributed by atoms with E-state index in [0.29, 0.717) is 56.3 Å². The Morgan fingerprint density at radius 1 is 1.19 bits per heavy atom. The van der Waals surface area contributed by atoms with Gasteiger partial charge in [0.05, 0.1) is 40.1 Å². The van der Waals surface area contributed by atoms with Gasteiger partial charge in [0.2, 0.25) is 11.8 Å². The van der Waals surface area contributed by atoms with Gasteiger partial charge in [-0.05, 0) is 82.7 Å². The highest BCUT2D eigenvalue weighted by Crippen LogP contribution is 2.40. The van der Waals surface area contributed by atoms with E-state index in [-0.39, 0.29) is 17.5 Å². The first-order chi connectivity index (χ1) is 20.0. The van der Waals surface area contributed by atoms with E-state index in [4.69, 9.17) is 4.74 Å². The number of amides is 1. The lowest BCUT2D eigenvalue weighted by Crippen LogP contribution is -2.53. The summed E-state index contributed by atoms with van der Waals surface area (Å²) >= 11 is 0. The maximum absolute atomic E-state index is 13.9. The first kappa shape index (κ1) is 30.8. The Balaban J connectivity index is 1.64. The third-order valence-corrected chi connectivity index (χ3v) is 7.92. The van der Waals surface area contributed by atoms with Gasteiger partial charge >= 0.3 is 6.18 Å². The van der Waals surface area contributed by atoms with E-state index >= 15 is 0 Å². The second-order valence-electron chi connectivity index (χ2n) is 10.7. The third kappa shape index (κ3) is 6.49. The molecular formula is C31H35F3N6O2. The van der Waals surface area contributed by atoms with Crippen LogP contribution in [0.3, 0.4) is 0 Å². The van der Waals surface area contributed by atoms with Crippen LogP contribution in [0, 0.1) is 11.3 Å². The number of anilines is 1. The van der Waals surface area contributed by atoms with Gasteiger partial charge in [-0.1, -0.05) is 6.07 Å². The van der Waals surface area contributed by atoms with Crippen LogP contribution in [0.5, 0.6) is 5.88 Å². The van der Waals surface area contributed by atoms with Gasteiger partial charge in [-0.15, -0.1) is 0 Å². The predicted molar refractivity (Wildman–Crippen MR) is 154 cm³/mol. The molecule has 1 aromatic carbocycles. The molecule has 1 aliphatic heterocycles. The summed E-state index contributed by atoms with van der Waals surface area (Å²) in [6.45, 7) is 5.55. The molecule has 0 radical (unpaired) electrons. The lowest BCUT2D eigenvalue weighted by molar-refractivity contribution is -0.137. The van der Waals surface area contributed by atoms with Gasteiger partial charge < -0.3 is 19.9 Å². The van der Waals surface area contributed by atoms with Crippen LogP contribution in [0.15, 0.2) is 54.9 Å². The number of hydrogen-bond acceptors (Lipinski definition) is 7. The van der Waals surface area contributed by atoms with Gasteiger partial charge in [-0.25, -0.2) is 4.98 Å². The quantitative estimate of drug-likeness (QED) is 0.379. The minimum absolute atomic E-state index is 0.0471. The van der Waals surface area contributed by atoms with Gasteiger partial charge in [0.25, 0.3) is 0 Å². The smallest absolute Gasteiger partial charge is 0.416 e. The molecule has 1 amide bonds. The maximum Gasteiger partial charge on any atom is 0.416 e. The molecule has 3 heterocycles. The summed E-state index contributed by atoms with van der Waals surface area (Å²) in [4.78, 5) is 26.8. The second-order valence-corrected chi connectivity index (χ2v) is 10.7. The van der Waals surface area contributed by atoms with Crippen molar-refractivity contribution in [1.29, 1.82) is 5.26 Å². The average Bonchev–Trinajstić information content (AvgIpc) is 2.99. The number of nitrogens with zero attached hydrogens (tertiary/aromatic N) is 5. The molecule has 4 rings (SSSR count). The van der Waals surface area contributed by atoms with Crippen LogP contribution < -0.4 is 15.0 Å². The number of ether oxygens (including phenoxy) is 1. The number of rotatable bonds is 9. The summed E-state index contributed by atoms with van der Waals surface area (Å²) in [5.41, 5.74) is 0.748. The molecule has 1 N–H and O–H groups in total. The average molecular weight is 581 g/mol. The van der Waals surface area contributed by atoms with Crippen LogP contribution in [0.1, 0.15) is 43.4 Å². The van der Waals surface area contributed by atoms with Gasteiger partial charge in [-0.3, -0.25) is 9.78 Å². The van der Waals surface area contributed by atoms with Crippen molar-refractivity contribution in [2.75, 3.05) is 45.2 Å². The van der Waals surface area contributed by atoms with Crippen molar-refractivity contribution in [2.45, 2.75) is 44.3 Å². The number of likely N-dealkylation sites (N-methyl/N-ethyl adjacent to an activating group) is 1. The number of pyridine rings is 2. The molecule has 2 aromatic heterocycles. The van der Waals surface area contributed by atoms with Crippen molar-refractivity contribution < 1.29 is 22.7 Å². The van der Waals surface area contributed by atoms with Crippen molar-refractivity contribution in [3.05, 3.63) is 71.5 Å². The Bertz CT molecular complexity index is 1430. The van der Waals surface area contributed by atoms with Crippen LogP contribution in [-0.2, 0) is 16.4 Å². The number of piperidine rings is 1. The maximum atomic E-state index is 13.9. The number of carbonyl (C=O) groups is 1. The Morgan fingerprint density at radius 2 is 1.93 bits per heavy atom. The monoisotopic (exact) mass is 580 g/mol. The molecule has 1 atom stereocenters. The molecule has 3 aromatic rings. The summed E-state index contributed by atoms with van der Waals surface area (Å²) in [7, 11) is 3.89. The fraction of sp³-hybridized carbons (Fsp3) is 0.419. The summed E-state index contributed by atoms with van der Waals surface area (Å²) in [6, 6.07) is 12.7. The van der Waals surface area contributed by atoms with Crippen molar-refractivity contribution >= 4 is 11.6 Å². The van der Waals surface area contributed by atoms with Crippen LogP contribution in [0.2, 0.25) is 0 Å². The minimum Gasteiger partial charge on any atom is -0.477 e. The van der Waals surface area contributed by atoms with E-state index in [1.54, 1.807) is 18.5 Å². The summed E-state index contributed by atoms with van der Waals surface area (Å²) in [5, 5.41) is 12.7. The van der Waals surface area contributed by atoms with Gasteiger partial charge in [0.15, 0.2) is 0 Å². The first-order valence-electron chi connectivity index (χ1n) is 13.9. The van der Waals surface area contributed by atoms with Crippen molar-refractivity contribution in [1.82, 2.24) is 20.2 Å². The number of benzene rings is 1. The highest BCUT2D eigenvalue weighted by molar-refractivity contribution is 5.89. The molecule has 0 aliphatic carbocycles. The Morgan fingerprint density at radius 3 is 2.52 bits per heavy atom. The number of halogens is 3. The normalized spacial score (nSPS) is 15.6. The molecule has 222 valence electrons. The van der Waals surface area contributed by atoms with E-state index in [0.717, 1.165) is 23.3 Å². The molecule has 11 heteroatoms. The molecule has 1 aliphatic rings. The molecule has 0 saturated carbocycles. The highest BCUT2D eigenvalue weighted by Gasteiger charge is 2.44.